The molecule has 2 rings (SSSR count). The molecule has 0 saturated carbocycles. The van der Waals surface area contributed by atoms with Crippen LogP contribution in [-0.2, 0) is 11.3 Å². The van der Waals surface area contributed by atoms with E-state index in [9.17, 15) is 9.18 Å². The van der Waals surface area contributed by atoms with Gasteiger partial charge in [-0.05, 0) is 37.4 Å². The van der Waals surface area contributed by atoms with Gasteiger partial charge in [-0.25, -0.2) is 4.39 Å². The summed E-state index contributed by atoms with van der Waals surface area (Å²) in [7, 11) is 1.81. The molecule has 112 valence electrons. The molecular weight excluding hydrogens is 334 g/mol. The molecule has 2 aromatic rings. The second-order valence-electron chi connectivity index (χ2n) is 4.55. The first kappa shape index (κ1) is 16.2. The van der Waals surface area contributed by atoms with Crippen LogP contribution in [-0.4, -0.2) is 24.4 Å². The molecule has 0 fully saturated rings. The van der Waals surface area contributed by atoms with Gasteiger partial charge in [-0.3, -0.25) is 9.69 Å². The summed E-state index contributed by atoms with van der Waals surface area (Å²) in [6.07, 6.45) is 0. The van der Waals surface area contributed by atoms with Crippen molar-refractivity contribution >= 4 is 46.1 Å². The SMILES string of the molecule is CN(CC(=O)Nc1cc(Cl)ccc1F)Cc1ccc(Cl)s1. The lowest BCUT2D eigenvalue weighted by atomic mass is 10.3. The highest BCUT2D eigenvalue weighted by atomic mass is 35.5. The smallest absolute Gasteiger partial charge is 0.238 e. The van der Waals surface area contributed by atoms with Gasteiger partial charge in [0.1, 0.15) is 5.82 Å². The molecule has 0 radical (unpaired) electrons. The van der Waals surface area contributed by atoms with E-state index >= 15 is 0 Å². The molecule has 1 aromatic carbocycles. The van der Waals surface area contributed by atoms with Crippen molar-refractivity contribution in [3.63, 3.8) is 0 Å². The molecule has 21 heavy (non-hydrogen) atoms. The van der Waals surface area contributed by atoms with Gasteiger partial charge in [-0.2, -0.15) is 0 Å². The number of hydrogen-bond donors (Lipinski definition) is 1. The maximum Gasteiger partial charge on any atom is 0.238 e. The van der Waals surface area contributed by atoms with Crippen molar-refractivity contribution in [3.8, 4) is 0 Å². The Kier molecular flexibility index (Phi) is 5.58. The first-order chi connectivity index (χ1) is 9.94. The molecule has 1 heterocycles. The third-order valence-electron chi connectivity index (χ3n) is 2.67. The summed E-state index contributed by atoms with van der Waals surface area (Å²) in [6.45, 7) is 0.740. The highest BCUT2D eigenvalue weighted by molar-refractivity contribution is 7.16. The number of halogens is 3. The Balaban J connectivity index is 1.90. The molecule has 0 aliphatic heterocycles. The minimum atomic E-state index is -0.513. The normalized spacial score (nSPS) is 10.9. The fraction of sp³-hybridized carbons (Fsp3) is 0.214. The summed E-state index contributed by atoms with van der Waals surface area (Å²) in [5, 5.41) is 2.88. The minimum Gasteiger partial charge on any atom is -0.322 e. The Morgan fingerprint density at radius 2 is 2.10 bits per heavy atom. The van der Waals surface area contributed by atoms with Crippen molar-refractivity contribution in [1.29, 1.82) is 0 Å². The van der Waals surface area contributed by atoms with E-state index in [1.54, 1.807) is 0 Å². The van der Waals surface area contributed by atoms with Crippen LogP contribution in [0.25, 0.3) is 0 Å². The maximum atomic E-state index is 13.5. The molecule has 0 atom stereocenters. The molecular formula is C14H13Cl2FN2OS. The van der Waals surface area contributed by atoms with Gasteiger partial charge >= 0.3 is 0 Å². The molecule has 0 unspecified atom stereocenters. The predicted molar refractivity (Wildman–Crippen MR) is 85.7 cm³/mol. The second kappa shape index (κ2) is 7.22. The van der Waals surface area contributed by atoms with Gasteiger partial charge in [0.15, 0.2) is 0 Å². The zero-order valence-corrected chi connectivity index (χ0v) is 13.5. The number of benzene rings is 1. The molecule has 1 aromatic heterocycles. The lowest BCUT2D eigenvalue weighted by molar-refractivity contribution is -0.117. The molecule has 0 saturated heterocycles. The lowest BCUT2D eigenvalue weighted by Crippen LogP contribution is -2.29. The summed E-state index contributed by atoms with van der Waals surface area (Å²) in [4.78, 5) is 14.8. The van der Waals surface area contributed by atoms with Crippen LogP contribution < -0.4 is 5.32 Å². The summed E-state index contributed by atoms with van der Waals surface area (Å²) in [5.41, 5.74) is 0.0834. The monoisotopic (exact) mass is 346 g/mol. The zero-order chi connectivity index (χ0) is 15.4. The van der Waals surface area contributed by atoms with E-state index in [2.05, 4.69) is 5.32 Å². The van der Waals surface area contributed by atoms with E-state index in [0.717, 1.165) is 4.88 Å². The average molecular weight is 347 g/mol. The zero-order valence-electron chi connectivity index (χ0n) is 11.2. The Labute approximate surface area is 136 Å². The third kappa shape index (κ3) is 4.97. The number of carbonyl (C=O) groups excluding carboxylic acids is 1. The van der Waals surface area contributed by atoms with Gasteiger partial charge in [-0.15, -0.1) is 11.3 Å². The summed E-state index contributed by atoms with van der Waals surface area (Å²) < 4.78 is 14.2. The second-order valence-corrected chi connectivity index (χ2v) is 6.79. The fourth-order valence-electron chi connectivity index (χ4n) is 1.79. The van der Waals surface area contributed by atoms with Crippen molar-refractivity contribution in [2.75, 3.05) is 18.9 Å². The Hall–Kier alpha value is -1.14. The average Bonchev–Trinajstić information content (AvgIpc) is 2.79. The lowest BCUT2D eigenvalue weighted by Gasteiger charge is -2.15. The van der Waals surface area contributed by atoms with E-state index in [1.807, 2.05) is 24.1 Å². The van der Waals surface area contributed by atoms with Gasteiger partial charge in [-0.1, -0.05) is 23.2 Å². The van der Waals surface area contributed by atoms with E-state index in [1.165, 1.54) is 29.5 Å². The quantitative estimate of drug-likeness (QED) is 0.876. The van der Waals surface area contributed by atoms with Crippen LogP contribution in [0.1, 0.15) is 4.88 Å². The first-order valence-corrected chi connectivity index (χ1v) is 7.69. The number of carbonyl (C=O) groups is 1. The van der Waals surface area contributed by atoms with Crippen LogP contribution in [0.4, 0.5) is 10.1 Å². The fourth-order valence-corrected chi connectivity index (χ4v) is 3.13. The van der Waals surface area contributed by atoms with E-state index in [0.29, 0.717) is 15.9 Å². The number of thiophene rings is 1. The standard InChI is InChI=1S/C14H13Cl2FN2OS/c1-19(7-10-3-5-13(16)21-10)8-14(20)18-12-6-9(15)2-4-11(12)17/h2-6H,7-8H2,1H3,(H,18,20). The molecule has 0 spiro atoms. The maximum absolute atomic E-state index is 13.5. The van der Waals surface area contributed by atoms with Gasteiger partial charge in [0.25, 0.3) is 0 Å². The van der Waals surface area contributed by atoms with Crippen molar-refractivity contribution in [3.05, 3.63) is 50.4 Å². The molecule has 0 aliphatic rings. The van der Waals surface area contributed by atoms with E-state index < -0.39 is 5.82 Å². The minimum absolute atomic E-state index is 0.0834. The van der Waals surface area contributed by atoms with Crippen LogP contribution in [0.15, 0.2) is 30.3 Å². The summed E-state index contributed by atoms with van der Waals surface area (Å²) >= 11 is 13.1. The first-order valence-electron chi connectivity index (χ1n) is 6.11. The van der Waals surface area contributed by atoms with Crippen molar-refractivity contribution in [1.82, 2.24) is 4.90 Å². The number of hydrogen-bond acceptors (Lipinski definition) is 3. The number of amides is 1. The largest absolute Gasteiger partial charge is 0.322 e. The number of rotatable bonds is 5. The topological polar surface area (TPSA) is 32.3 Å². The number of nitrogens with zero attached hydrogens (tertiary/aromatic N) is 1. The van der Waals surface area contributed by atoms with Crippen LogP contribution >= 0.6 is 34.5 Å². The number of likely N-dealkylation sites (N-methyl/N-ethyl adjacent to an activating group) is 1. The number of anilines is 1. The molecule has 1 amide bonds. The third-order valence-corrected chi connectivity index (χ3v) is 4.12. The van der Waals surface area contributed by atoms with Gasteiger partial charge in [0, 0.05) is 16.4 Å². The molecule has 0 aliphatic carbocycles. The van der Waals surface area contributed by atoms with Gasteiger partial charge < -0.3 is 5.32 Å². The molecule has 7 heteroatoms. The highest BCUT2D eigenvalue weighted by Gasteiger charge is 2.11. The van der Waals surface area contributed by atoms with Crippen LogP contribution in [0.2, 0.25) is 9.36 Å². The van der Waals surface area contributed by atoms with Crippen LogP contribution in [0.5, 0.6) is 0 Å². The van der Waals surface area contributed by atoms with Crippen molar-refractivity contribution in [2.24, 2.45) is 0 Å². The predicted octanol–water partition coefficient (Wildman–Crippen LogP) is 4.26. The van der Waals surface area contributed by atoms with Gasteiger partial charge in [0.05, 0.1) is 16.6 Å². The highest BCUT2D eigenvalue weighted by Crippen LogP contribution is 2.22. The molecule has 0 bridgehead atoms. The Morgan fingerprint density at radius 3 is 2.76 bits per heavy atom. The van der Waals surface area contributed by atoms with Crippen LogP contribution in [0, 0.1) is 5.82 Å². The number of nitrogens with one attached hydrogen (secondary N) is 1. The van der Waals surface area contributed by atoms with Crippen molar-refractivity contribution < 1.29 is 9.18 Å². The van der Waals surface area contributed by atoms with Crippen molar-refractivity contribution in [2.45, 2.75) is 6.54 Å². The summed E-state index contributed by atoms with van der Waals surface area (Å²) in [6, 6.07) is 7.76. The summed E-state index contributed by atoms with van der Waals surface area (Å²) in [5.74, 6) is -0.818. The Morgan fingerprint density at radius 1 is 1.33 bits per heavy atom. The molecule has 3 nitrogen and oxygen atoms in total. The Bertz CT molecular complexity index is 648. The van der Waals surface area contributed by atoms with E-state index in [-0.39, 0.29) is 18.1 Å². The molecule has 1 N–H and O–H groups in total. The van der Waals surface area contributed by atoms with E-state index in [4.69, 9.17) is 23.2 Å². The van der Waals surface area contributed by atoms with Gasteiger partial charge in [0.2, 0.25) is 5.91 Å². The van der Waals surface area contributed by atoms with Crippen LogP contribution in [0.3, 0.4) is 0 Å².